The Morgan fingerprint density at radius 3 is 2.65 bits per heavy atom. The van der Waals surface area contributed by atoms with Crippen molar-refractivity contribution in [3.05, 3.63) is 59.3 Å². The molecule has 0 radical (unpaired) electrons. The van der Waals surface area contributed by atoms with Crippen molar-refractivity contribution in [1.82, 2.24) is 15.1 Å². The molecular formula is C26H31N3O5. The molecule has 1 amide bonds. The highest BCUT2D eigenvalue weighted by atomic mass is 16.5. The van der Waals surface area contributed by atoms with Gasteiger partial charge in [0.1, 0.15) is 17.1 Å². The number of β-amino-alcohol motifs (C(OH)–C–C–N with tert-alkyl or cyclic N) is 1. The highest BCUT2D eigenvalue weighted by Gasteiger charge is 2.42. The second-order valence-electron chi connectivity index (χ2n) is 8.67. The van der Waals surface area contributed by atoms with Crippen molar-refractivity contribution in [3.63, 3.8) is 0 Å². The first-order chi connectivity index (χ1) is 16.5. The molecule has 4 rings (SSSR count). The molecule has 2 aromatic carbocycles. The van der Waals surface area contributed by atoms with E-state index in [0.717, 1.165) is 12.0 Å². The van der Waals surface area contributed by atoms with Gasteiger partial charge in [0.15, 0.2) is 11.5 Å². The number of ether oxygens (including phenoxy) is 2. The van der Waals surface area contributed by atoms with Crippen LogP contribution in [0.2, 0.25) is 0 Å². The van der Waals surface area contributed by atoms with Crippen molar-refractivity contribution in [2.24, 2.45) is 5.92 Å². The molecule has 3 N–H and O–H groups in total. The molecular weight excluding hydrogens is 434 g/mol. The summed E-state index contributed by atoms with van der Waals surface area (Å²) < 4.78 is 11.9. The predicted molar refractivity (Wildman–Crippen MR) is 128 cm³/mol. The van der Waals surface area contributed by atoms with Gasteiger partial charge in [0, 0.05) is 17.7 Å². The van der Waals surface area contributed by atoms with Gasteiger partial charge in [0.05, 0.1) is 25.9 Å². The average molecular weight is 466 g/mol. The number of carbonyl (C=O) groups excluding carboxylic acids is 1. The monoisotopic (exact) mass is 465 g/mol. The third kappa shape index (κ3) is 4.46. The number of H-pyrrole nitrogens is 1. The Kier molecular flexibility index (Phi) is 7.07. The van der Waals surface area contributed by atoms with Crippen molar-refractivity contribution in [3.8, 4) is 28.5 Å². The molecule has 0 spiro atoms. The summed E-state index contributed by atoms with van der Waals surface area (Å²) in [6.45, 7) is 7.23. The minimum atomic E-state index is -0.507. The number of carbonyl (C=O) groups is 1. The predicted octanol–water partition coefficient (Wildman–Crippen LogP) is 4.14. The standard InChI is InChI=1S/C26H31N3O5/c1-4-33-21-15-17(9-10-20(21)34-14-11-16(2)3)25-22-23(18-7-5-6-8-19(18)31)27-28-24(22)26(32)29(25)12-13-30/h5-10,15-16,25,30-31H,4,11-14H2,1-3H3,(H,27,28)/t25-/m1/s1. The lowest BCUT2D eigenvalue weighted by atomic mass is 9.95. The van der Waals surface area contributed by atoms with Crippen LogP contribution in [-0.4, -0.2) is 57.6 Å². The van der Waals surface area contributed by atoms with Crippen LogP contribution in [0.1, 0.15) is 54.8 Å². The lowest BCUT2D eigenvalue weighted by molar-refractivity contribution is 0.0706. The summed E-state index contributed by atoms with van der Waals surface area (Å²) in [5, 5.41) is 27.3. The van der Waals surface area contributed by atoms with Crippen LogP contribution in [0.15, 0.2) is 42.5 Å². The number of aromatic nitrogens is 2. The van der Waals surface area contributed by atoms with Crippen molar-refractivity contribution >= 4 is 5.91 Å². The van der Waals surface area contributed by atoms with Crippen molar-refractivity contribution in [1.29, 1.82) is 0 Å². The third-order valence-electron chi connectivity index (χ3n) is 5.90. The van der Waals surface area contributed by atoms with E-state index in [1.807, 2.05) is 31.2 Å². The Balaban J connectivity index is 1.78. The summed E-state index contributed by atoms with van der Waals surface area (Å²) >= 11 is 0. The molecule has 0 saturated carbocycles. The number of phenols is 1. The van der Waals surface area contributed by atoms with Gasteiger partial charge in [-0.05, 0) is 49.1 Å². The number of rotatable bonds is 10. The molecule has 8 nitrogen and oxygen atoms in total. The fourth-order valence-corrected chi connectivity index (χ4v) is 4.25. The van der Waals surface area contributed by atoms with Gasteiger partial charge in [0.2, 0.25) is 0 Å². The maximum absolute atomic E-state index is 13.2. The van der Waals surface area contributed by atoms with E-state index in [4.69, 9.17) is 9.47 Å². The molecule has 34 heavy (non-hydrogen) atoms. The Labute approximate surface area is 199 Å². The maximum Gasteiger partial charge on any atom is 0.273 e. The molecule has 0 saturated heterocycles. The van der Waals surface area contributed by atoms with E-state index in [1.54, 1.807) is 23.1 Å². The largest absolute Gasteiger partial charge is 0.507 e. The minimum absolute atomic E-state index is 0.0764. The summed E-state index contributed by atoms with van der Waals surface area (Å²) in [5.41, 5.74) is 2.85. The highest BCUT2D eigenvalue weighted by molar-refractivity contribution is 6.00. The van der Waals surface area contributed by atoms with Gasteiger partial charge >= 0.3 is 0 Å². The first-order valence-corrected chi connectivity index (χ1v) is 11.6. The number of hydrogen-bond donors (Lipinski definition) is 3. The first-order valence-electron chi connectivity index (χ1n) is 11.6. The molecule has 1 aromatic heterocycles. The number of para-hydroxylation sites is 1. The molecule has 1 aliphatic rings. The molecule has 0 fully saturated rings. The zero-order chi connectivity index (χ0) is 24.2. The van der Waals surface area contributed by atoms with Crippen LogP contribution in [0.3, 0.4) is 0 Å². The van der Waals surface area contributed by atoms with E-state index in [1.165, 1.54) is 0 Å². The van der Waals surface area contributed by atoms with Crippen LogP contribution >= 0.6 is 0 Å². The lowest BCUT2D eigenvalue weighted by Gasteiger charge is -2.26. The number of hydrogen-bond acceptors (Lipinski definition) is 6. The SMILES string of the molecule is CCOc1cc([C@@H]2c3c(-c4ccccc4O)n[nH]c3C(=O)N2CCO)ccc1OCCC(C)C. The Bertz CT molecular complexity index is 1160. The molecule has 1 atom stereocenters. The van der Waals surface area contributed by atoms with Crippen LogP contribution in [0, 0.1) is 5.92 Å². The Morgan fingerprint density at radius 2 is 1.94 bits per heavy atom. The number of amides is 1. The highest BCUT2D eigenvalue weighted by Crippen LogP contribution is 2.45. The number of benzene rings is 2. The van der Waals surface area contributed by atoms with Gasteiger partial charge in [-0.15, -0.1) is 0 Å². The fraction of sp³-hybridized carbons (Fsp3) is 0.385. The summed E-state index contributed by atoms with van der Waals surface area (Å²) in [7, 11) is 0. The summed E-state index contributed by atoms with van der Waals surface area (Å²) in [6, 6.07) is 12.0. The molecule has 2 heterocycles. The second kappa shape index (κ2) is 10.2. The number of aliphatic hydroxyl groups excluding tert-OH is 1. The van der Waals surface area contributed by atoms with E-state index >= 15 is 0 Å². The normalized spacial score (nSPS) is 15.1. The van der Waals surface area contributed by atoms with Gasteiger partial charge in [0.25, 0.3) is 5.91 Å². The number of fused-ring (bicyclic) bond motifs is 1. The number of aromatic hydroxyl groups is 1. The topological polar surface area (TPSA) is 108 Å². The van der Waals surface area contributed by atoms with Gasteiger partial charge in [-0.1, -0.05) is 32.0 Å². The number of aliphatic hydroxyl groups is 1. The van der Waals surface area contributed by atoms with Gasteiger partial charge < -0.3 is 24.6 Å². The lowest BCUT2D eigenvalue weighted by Crippen LogP contribution is -2.32. The summed E-state index contributed by atoms with van der Waals surface area (Å²) in [4.78, 5) is 14.8. The Morgan fingerprint density at radius 1 is 1.15 bits per heavy atom. The zero-order valence-electron chi connectivity index (χ0n) is 19.7. The molecule has 0 bridgehead atoms. The van der Waals surface area contributed by atoms with Crippen LogP contribution < -0.4 is 9.47 Å². The molecule has 1 aliphatic heterocycles. The third-order valence-corrected chi connectivity index (χ3v) is 5.90. The zero-order valence-corrected chi connectivity index (χ0v) is 19.7. The van der Waals surface area contributed by atoms with Crippen LogP contribution in [0.25, 0.3) is 11.3 Å². The van der Waals surface area contributed by atoms with Crippen LogP contribution in [-0.2, 0) is 0 Å². The van der Waals surface area contributed by atoms with Crippen molar-refractivity contribution in [2.45, 2.75) is 33.2 Å². The fourth-order valence-electron chi connectivity index (χ4n) is 4.25. The van der Waals surface area contributed by atoms with Crippen molar-refractivity contribution < 1.29 is 24.5 Å². The first kappa shape index (κ1) is 23.6. The average Bonchev–Trinajstić information content (AvgIpc) is 3.35. The number of nitrogens with one attached hydrogen (secondary N) is 1. The van der Waals surface area contributed by atoms with E-state index in [9.17, 15) is 15.0 Å². The molecule has 0 aliphatic carbocycles. The molecule has 180 valence electrons. The minimum Gasteiger partial charge on any atom is -0.507 e. The maximum atomic E-state index is 13.2. The number of aromatic amines is 1. The molecule has 8 heteroatoms. The number of nitrogens with zero attached hydrogens (tertiary/aromatic N) is 2. The summed E-state index contributed by atoms with van der Waals surface area (Å²) in [6.07, 6.45) is 0.928. The Hall–Kier alpha value is -3.52. The van der Waals surface area contributed by atoms with Gasteiger partial charge in [-0.3, -0.25) is 9.89 Å². The van der Waals surface area contributed by atoms with E-state index < -0.39 is 6.04 Å². The quantitative estimate of drug-likeness (QED) is 0.415. The summed E-state index contributed by atoms with van der Waals surface area (Å²) in [5.74, 6) is 1.60. The second-order valence-corrected chi connectivity index (χ2v) is 8.67. The van der Waals surface area contributed by atoms with Crippen LogP contribution in [0.5, 0.6) is 17.2 Å². The number of phenolic OH excluding ortho intramolecular Hbond substituents is 1. The smallest absolute Gasteiger partial charge is 0.273 e. The van der Waals surface area contributed by atoms with Crippen molar-refractivity contribution in [2.75, 3.05) is 26.4 Å². The molecule has 0 unspecified atom stereocenters. The van der Waals surface area contributed by atoms with Gasteiger partial charge in [-0.25, -0.2) is 0 Å². The van der Waals surface area contributed by atoms with E-state index in [0.29, 0.717) is 53.1 Å². The van der Waals surface area contributed by atoms with E-state index in [2.05, 4.69) is 24.0 Å². The van der Waals surface area contributed by atoms with E-state index in [-0.39, 0.29) is 24.8 Å². The van der Waals surface area contributed by atoms with Crippen LogP contribution in [0.4, 0.5) is 0 Å². The van der Waals surface area contributed by atoms with Gasteiger partial charge in [-0.2, -0.15) is 5.10 Å². The molecule has 3 aromatic rings.